The van der Waals surface area contributed by atoms with Crippen LogP contribution >= 0.6 is 35.0 Å². The zero-order valence-electron chi connectivity index (χ0n) is 26.7. The van der Waals surface area contributed by atoms with Gasteiger partial charge in [-0.3, -0.25) is 4.40 Å². The van der Waals surface area contributed by atoms with Gasteiger partial charge < -0.3 is 14.2 Å². The summed E-state index contributed by atoms with van der Waals surface area (Å²) < 4.78 is 19.2. The first kappa shape index (κ1) is 37.0. The number of carbonyl (C=O) groups excluding carboxylic acids is 1. The van der Waals surface area contributed by atoms with Gasteiger partial charge in [0.05, 0.1) is 11.7 Å². The van der Waals surface area contributed by atoms with Crippen LogP contribution in [-0.2, 0) is 20.0 Å². The Morgan fingerprint density at radius 1 is 1.13 bits per heavy atom. The van der Waals surface area contributed by atoms with E-state index in [2.05, 4.69) is 33.9 Å². The highest BCUT2D eigenvalue weighted by Crippen LogP contribution is 2.35. The number of aromatic nitrogens is 4. The molecule has 46 heavy (non-hydrogen) atoms. The highest BCUT2D eigenvalue weighted by atomic mass is 35.5. The van der Waals surface area contributed by atoms with Crippen LogP contribution in [0.5, 0.6) is 0 Å². The molecular formula is C35H40Cl2N4O4S. The third kappa shape index (κ3) is 10.8. The fourth-order valence-corrected chi connectivity index (χ4v) is 5.38. The largest absolute Gasteiger partial charge is 0.459 e. The minimum Gasteiger partial charge on any atom is -0.459 e. The van der Waals surface area contributed by atoms with Gasteiger partial charge in [-0.05, 0) is 49.8 Å². The molecule has 3 unspecified atom stereocenters. The van der Waals surface area contributed by atoms with E-state index in [1.807, 2.05) is 74.7 Å². The average Bonchev–Trinajstić information content (AvgIpc) is 3.71. The third-order valence-electron chi connectivity index (χ3n) is 6.59. The van der Waals surface area contributed by atoms with Crippen molar-refractivity contribution >= 4 is 46.6 Å². The van der Waals surface area contributed by atoms with E-state index in [1.54, 1.807) is 49.3 Å². The molecule has 0 amide bonds. The van der Waals surface area contributed by atoms with Crippen LogP contribution in [-0.4, -0.2) is 51.5 Å². The van der Waals surface area contributed by atoms with Gasteiger partial charge in [0.2, 0.25) is 0 Å². The number of ether oxygens (including phenoxy) is 3. The standard InChI is InChI=1S/C25H23ClN4O4S.C8H11Cl.C2H6/c1-32-19-13-20(34-21(19)14-33-25(31)17-7-9-18(26)10-8-17)22-28-29-23-24(27-11-12-30(22)23)35-15-16-5-3-2-4-6-16;1-4-8(9)6-5-7(2)3;1-2/h2-12,19-21H,13-15H2,1H3;4-6H,2H2,1,3H3;1-2H3/b;6-5-,8-4+;. The van der Waals surface area contributed by atoms with Crippen molar-refractivity contribution < 1.29 is 19.0 Å². The zero-order valence-corrected chi connectivity index (χ0v) is 29.1. The molecule has 4 aromatic rings. The predicted molar refractivity (Wildman–Crippen MR) is 186 cm³/mol. The van der Waals surface area contributed by atoms with E-state index in [-0.39, 0.29) is 18.8 Å². The van der Waals surface area contributed by atoms with Gasteiger partial charge in [-0.15, -0.1) is 10.2 Å². The fraction of sp³-hybridized carbons (Fsp3) is 0.314. The molecule has 3 heterocycles. The number of hydrogen-bond donors (Lipinski definition) is 0. The monoisotopic (exact) mass is 682 g/mol. The molecule has 11 heteroatoms. The second-order valence-electron chi connectivity index (χ2n) is 9.89. The molecule has 0 spiro atoms. The molecule has 1 aliphatic heterocycles. The van der Waals surface area contributed by atoms with Crippen molar-refractivity contribution in [1.82, 2.24) is 19.6 Å². The number of fused-ring (bicyclic) bond motifs is 1. The lowest BCUT2D eigenvalue weighted by molar-refractivity contribution is -0.0452. The van der Waals surface area contributed by atoms with Crippen molar-refractivity contribution in [2.24, 2.45) is 0 Å². The van der Waals surface area contributed by atoms with Gasteiger partial charge in [-0.1, -0.05) is 103 Å². The summed E-state index contributed by atoms with van der Waals surface area (Å²) in [6.45, 7) is 11.6. The van der Waals surface area contributed by atoms with Crippen molar-refractivity contribution in [1.29, 1.82) is 0 Å². The molecule has 1 aliphatic rings. The summed E-state index contributed by atoms with van der Waals surface area (Å²) in [5.41, 5.74) is 3.32. The second-order valence-corrected chi connectivity index (χ2v) is 11.7. The number of methoxy groups -OCH3 is 1. The van der Waals surface area contributed by atoms with Gasteiger partial charge in [-0.2, -0.15) is 0 Å². The molecule has 3 atom stereocenters. The van der Waals surface area contributed by atoms with Crippen LogP contribution in [0, 0.1) is 0 Å². The predicted octanol–water partition coefficient (Wildman–Crippen LogP) is 9.06. The molecule has 2 aromatic heterocycles. The number of halogens is 2. The Morgan fingerprint density at radius 3 is 2.50 bits per heavy atom. The first-order valence-electron chi connectivity index (χ1n) is 14.9. The summed E-state index contributed by atoms with van der Waals surface area (Å²) in [6, 6.07) is 16.8. The number of carbonyl (C=O) groups is 1. The van der Waals surface area contributed by atoms with Gasteiger partial charge in [-0.25, -0.2) is 9.78 Å². The summed E-state index contributed by atoms with van der Waals surface area (Å²) in [6.07, 6.45) is 8.63. The molecule has 0 aliphatic carbocycles. The zero-order chi connectivity index (χ0) is 33.5. The van der Waals surface area contributed by atoms with Crippen LogP contribution in [0.2, 0.25) is 5.02 Å². The summed E-state index contributed by atoms with van der Waals surface area (Å²) in [5.74, 6) is 1.00. The van der Waals surface area contributed by atoms with E-state index in [4.69, 9.17) is 37.4 Å². The maximum atomic E-state index is 12.4. The third-order valence-corrected chi connectivity index (χ3v) is 8.23. The summed E-state index contributed by atoms with van der Waals surface area (Å²) in [4.78, 5) is 16.9. The topological polar surface area (TPSA) is 87.8 Å². The minimum atomic E-state index is -0.442. The molecule has 0 saturated carbocycles. The van der Waals surface area contributed by atoms with Crippen LogP contribution in [0.3, 0.4) is 0 Å². The molecule has 8 nitrogen and oxygen atoms in total. The number of nitrogens with zero attached hydrogens (tertiary/aromatic N) is 4. The lowest BCUT2D eigenvalue weighted by Crippen LogP contribution is -2.29. The Bertz CT molecular complexity index is 1610. The summed E-state index contributed by atoms with van der Waals surface area (Å²) in [5, 5.41) is 10.9. The van der Waals surface area contributed by atoms with E-state index >= 15 is 0 Å². The van der Waals surface area contributed by atoms with Crippen LogP contribution < -0.4 is 0 Å². The molecule has 244 valence electrons. The van der Waals surface area contributed by atoms with Gasteiger partial charge in [0.15, 0.2) is 11.5 Å². The Morgan fingerprint density at radius 2 is 1.85 bits per heavy atom. The van der Waals surface area contributed by atoms with Gasteiger partial charge in [0, 0.05) is 41.7 Å². The number of allylic oxidation sites excluding steroid dienone is 5. The maximum absolute atomic E-state index is 12.4. The van der Waals surface area contributed by atoms with Gasteiger partial charge in [0.1, 0.15) is 23.8 Å². The smallest absolute Gasteiger partial charge is 0.338 e. The van der Waals surface area contributed by atoms with Crippen molar-refractivity contribution in [2.45, 2.75) is 63.2 Å². The number of benzene rings is 2. The van der Waals surface area contributed by atoms with Crippen molar-refractivity contribution in [3.05, 3.63) is 124 Å². The van der Waals surface area contributed by atoms with E-state index in [0.717, 1.165) is 21.4 Å². The maximum Gasteiger partial charge on any atom is 0.338 e. The molecule has 0 bridgehead atoms. The minimum absolute atomic E-state index is 0.0624. The lowest BCUT2D eigenvalue weighted by atomic mass is 10.1. The molecular weight excluding hydrogens is 643 g/mol. The number of thioether (sulfide) groups is 1. The highest BCUT2D eigenvalue weighted by Gasteiger charge is 2.39. The fourth-order valence-electron chi connectivity index (χ4n) is 4.29. The van der Waals surface area contributed by atoms with Crippen molar-refractivity contribution in [3.63, 3.8) is 0 Å². The van der Waals surface area contributed by atoms with Crippen molar-refractivity contribution in [3.8, 4) is 0 Å². The Labute approximate surface area is 285 Å². The molecule has 0 N–H and O–H groups in total. The van der Waals surface area contributed by atoms with Crippen LogP contribution in [0.25, 0.3) is 5.65 Å². The average molecular weight is 684 g/mol. The molecule has 0 radical (unpaired) electrons. The van der Waals surface area contributed by atoms with Crippen LogP contribution in [0.4, 0.5) is 0 Å². The number of hydrogen-bond acceptors (Lipinski definition) is 8. The van der Waals surface area contributed by atoms with Gasteiger partial charge in [0.25, 0.3) is 0 Å². The van der Waals surface area contributed by atoms with E-state index < -0.39 is 12.1 Å². The molecule has 2 aromatic carbocycles. The Kier molecular flexibility index (Phi) is 15.5. The first-order valence-corrected chi connectivity index (χ1v) is 16.7. The van der Waals surface area contributed by atoms with Gasteiger partial charge >= 0.3 is 5.97 Å². The molecule has 1 fully saturated rings. The Hall–Kier alpha value is -3.47. The Balaban J connectivity index is 0.000000454. The number of rotatable bonds is 10. The normalized spacial score (nSPS) is 17.6. The summed E-state index contributed by atoms with van der Waals surface area (Å²) in [7, 11) is 1.62. The SMILES string of the molecule is C=C(C)/C=C\C(Cl)=C/C.CC.COC1CC(c2nnc3c(SCc4ccccc4)nccn23)OC1COC(=O)c1ccc(Cl)cc1. The van der Waals surface area contributed by atoms with E-state index in [9.17, 15) is 4.79 Å². The quantitative estimate of drug-likeness (QED) is 0.0930. The van der Waals surface area contributed by atoms with Crippen LogP contribution in [0.15, 0.2) is 107 Å². The van der Waals surface area contributed by atoms with Crippen LogP contribution in [0.1, 0.15) is 62.0 Å². The lowest BCUT2D eigenvalue weighted by Gasteiger charge is -2.17. The second kappa shape index (κ2) is 19.3. The van der Waals surface area contributed by atoms with Crippen molar-refractivity contribution in [2.75, 3.05) is 13.7 Å². The van der Waals surface area contributed by atoms with E-state index in [1.165, 1.54) is 5.56 Å². The summed E-state index contributed by atoms with van der Waals surface area (Å²) >= 11 is 13.1. The van der Waals surface area contributed by atoms with E-state index in [0.29, 0.717) is 28.5 Å². The molecule has 5 rings (SSSR count). The highest BCUT2D eigenvalue weighted by molar-refractivity contribution is 7.98. The molecule has 1 saturated heterocycles. The number of esters is 1. The first-order chi connectivity index (χ1) is 22.3.